The van der Waals surface area contributed by atoms with E-state index < -0.39 is 0 Å². The fraction of sp³-hybridized carbons (Fsp3) is 0.286. The van der Waals surface area contributed by atoms with Crippen LogP contribution in [0, 0.1) is 6.92 Å². The van der Waals surface area contributed by atoms with Crippen molar-refractivity contribution < 1.29 is 9.53 Å². The third kappa shape index (κ3) is 3.23. The molecule has 0 bridgehead atoms. The lowest BCUT2D eigenvalue weighted by Gasteiger charge is -2.10. The summed E-state index contributed by atoms with van der Waals surface area (Å²) in [7, 11) is 0. The van der Waals surface area contributed by atoms with Crippen LogP contribution in [0.1, 0.15) is 18.2 Å². The lowest BCUT2D eigenvalue weighted by molar-refractivity contribution is -0.132. The van der Waals surface area contributed by atoms with Crippen molar-refractivity contribution in [2.75, 3.05) is 0 Å². The summed E-state index contributed by atoms with van der Waals surface area (Å²) in [5, 5.41) is 7.34. The Bertz CT molecular complexity index is 563. The SMILES string of the molecule is Cc1[nH]nc(-c2ccc(Br)cc2)c1CC(C)OC=O. The molecule has 100 valence electrons. The number of nitrogens with one attached hydrogen (secondary N) is 1. The summed E-state index contributed by atoms with van der Waals surface area (Å²) in [5.74, 6) is 0. The summed E-state index contributed by atoms with van der Waals surface area (Å²) < 4.78 is 5.98. The number of rotatable bonds is 5. The largest absolute Gasteiger partial charge is 0.465 e. The van der Waals surface area contributed by atoms with E-state index in [1.807, 2.05) is 38.1 Å². The number of hydrogen-bond donors (Lipinski definition) is 1. The van der Waals surface area contributed by atoms with E-state index >= 15 is 0 Å². The van der Waals surface area contributed by atoms with E-state index in [0.29, 0.717) is 12.9 Å². The van der Waals surface area contributed by atoms with Crippen LogP contribution in [0.15, 0.2) is 28.7 Å². The van der Waals surface area contributed by atoms with Crippen molar-refractivity contribution in [3.05, 3.63) is 40.0 Å². The number of aromatic nitrogens is 2. The molecule has 1 aromatic heterocycles. The Hall–Kier alpha value is -1.62. The van der Waals surface area contributed by atoms with Gasteiger partial charge in [-0.1, -0.05) is 28.1 Å². The summed E-state index contributed by atoms with van der Waals surface area (Å²) >= 11 is 3.42. The number of H-pyrrole nitrogens is 1. The molecule has 1 unspecified atom stereocenters. The maximum Gasteiger partial charge on any atom is 0.293 e. The molecule has 0 saturated heterocycles. The molecule has 1 aromatic carbocycles. The average molecular weight is 323 g/mol. The molecule has 1 atom stereocenters. The zero-order valence-electron chi connectivity index (χ0n) is 10.8. The molecular weight excluding hydrogens is 308 g/mol. The number of aryl methyl sites for hydroxylation is 1. The minimum atomic E-state index is -0.164. The third-order valence-electron chi connectivity index (χ3n) is 2.97. The van der Waals surface area contributed by atoms with E-state index in [9.17, 15) is 4.79 Å². The van der Waals surface area contributed by atoms with Crippen molar-refractivity contribution >= 4 is 22.4 Å². The highest BCUT2D eigenvalue weighted by molar-refractivity contribution is 9.10. The number of nitrogens with zero attached hydrogens (tertiary/aromatic N) is 1. The molecule has 0 saturated carbocycles. The predicted octanol–water partition coefficient (Wildman–Crippen LogP) is 3.25. The highest BCUT2D eigenvalue weighted by Crippen LogP contribution is 2.26. The van der Waals surface area contributed by atoms with Crippen molar-refractivity contribution in [1.82, 2.24) is 10.2 Å². The quantitative estimate of drug-likeness (QED) is 0.860. The van der Waals surface area contributed by atoms with Gasteiger partial charge in [-0.3, -0.25) is 9.89 Å². The molecule has 2 aromatic rings. The van der Waals surface area contributed by atoms with Crippen LogP contribution in [0.5, 0.6) is 0 Å². The third-order valence-corrected chi connectivity index (χ3v) is 3.50. The summed E-state index contributed by atoms with van der Waals surface area (Å²) in [6.45, 7) is 4.32. The zero-order valence-corrected chi connectivity index (χ0v) is 12.4. The molecule has 19 heavy (non-hydrogen) atoms. The van der Waals surface area contributed by atoms with Gasteiger partial charge in [0.1, 0.15) is 6.10 Å². The Morgan fingerprint density at radius 3 is 2.74 bits per heavy atom. The van der Waals surface area contributed by atoms with Crippen molar-refractivity contribution in [3.8, 4) is 11.3 Å². The van der Waals surface area contributed by atoms with E-state index in [1.54, 1.807) is 0 Å². The van der Waals surface area contributed by atoms with Crippen LogP contribution >= 0.6 is 15.9 Å². The fourth-order valence-electron chi connectivity index (χ4n) is 1.98. The second-order valence-corrected chi connectivity index (χ2v) is 5.35. The fourth-order valence-corrected chi connectivity index (χ4v) is 2.24. The van der Waals surface area contributed by atoms with Gasteiger partial charge < -0.3 is 4.74 Å². The topological polar surface area (TPSA) is 55.0 Å². The maximum absolute atomic E-state index is 10.4. The van der Waals surface area contributed by atoms with Gasteiger partial charge in [0.15, 0.2) is 0 Å². The molecule has 0 fully saturated rings. The minimum absolute atomic E-state index is 0.164. The number of carbonyl (C=O) groups excluding carboxylic acids is 1. The second kappa shape index (κ2) is 6.02. The number of ether oxygens (including phenoxy) is 1. The van der Waals surface area contributed by atoms with Crippen molar-refractivity contribution in [2.24, 2.45) is 0 Å². The first-order valence-electron chi connectivity index (χ1n) is 6.00. The number of halogens is 1. The Kier molecular flexibility index (Phi) is 4.37. The van der Waals surface area contributed by atoms with Gasteiger partial charge in [0, 0.05) is 27.7 Å². The lowest BCUT2D eigenvalue weighted by Crippen LogP contribution is -2.11. The molecule has 1 heterocycles. The van der Waals surface area contributed by atoms with Gasteiger partial charge in [-0.05, 0) is 26.0 Å². The second-order valence-electron chi connectivity index (χ2n) is 4.43. The smallest absolute Gasteiger partial charge is 0.293 e. The summed E-state index contributed by atoms with van der Waals surface area (Å²) in [6, 6.07) is 7.98. The first kappa shape index (κ1) is 13.8. The Morgan fingerprint density at radius 2 is 2.11 bits per heavy atom. The highest BCUT2D eigenvalue weighted by atomic mass is 79.9. The molecule has 5 heteroatoms. The van der Waals surface area contributed by atoms with Gasteiger partial charge in [-0.25, -0.2) is 0 Å². The van der Waals surface area contributed by atoms with Crippen molar-refractivity contribution in [3.63, 3.8) is 0 Å². The normalized spacial score (nSPS) is 12.2. The van der Waals surface area contributed by atoms with Crippen LogP contribution in [0.25, 0.3) is 11.3 Å². The standard InChI is InChI=1S/C14H15BrN2O2/c1-9(19-8-18)7-13-10(2)16-17-14(13)11-3-5-12(15)6-4-11/h3-6,8-9H,7H2,1-2H3,(H,16,17). The van der Waals surface area contributed by atoms with E-state index in [2.05, 4.69) is 26.1 Å². The van der Waals surface area contributed by atoms with Crippen LogP contribution in [0.4, 0.5) is 0 Å². The summed E-state index contributed by atoms with van der Waals surface area (Å²) in [5.41, 5.74) is 4.03. The van der Waals surface area contributed by atoms with Gasteiger partial charge >= 0.3 is 0 Å². The number of aromatic amines is 1. The molecule has 0 spiro atoms. The van der Waals surface area contributed by atoms with Crippen LogP contribution in [0.3, 0.4) is 0 Å². The van der Waals surface area contributed by atoms with E-state index in [1.165, 1.54) is 0 Å². The molecule has 1 N–H and O–H groups in total. The Morgan fingerprint density at radius 1 is 1.42 bits per heavy atom. The first-order chi connectivity index (χ1) is 9.11. The molecule has 0 aliphatic rings. The molecule has 0 aliphatic carbocycles. The monoisotopic (exact) mass is 322 g/mol. The van der Waals surface area contributed by atoms with Crippen LogP contribution < -0.4 is 0 Å². The van der Waals surface area contributed by atoms with Gasteiger partial charge in [-0.15, -0.1) is 0 Å². The molecule has 0 aliphatic heterocycles. The average Bonchev–Trinajstić information content (AvgIpc) is 2.73. The van der Waals surface area contributed by atoms with E-state index in [4.69, 9.17) is 4.74 Å². The molecule has 4 nitrogen and oxygen atoms in total. The Balaban J connectivity index is 2.31. The highest BCUT2D eigenvalue weighted by Gasteiger charge is 2.15. The van der Waals surface area contributed by atoms with Gasteiger partial charge in [0.2, 0.25) is 0 Å². The van der Waals surface area contributed by atoms with Gasteiger partial charge in [0.25, 0.3) is 6.47 Å². The zero-order chi connectivity index (χ0) is 13.8. The maximum atomic E-state index is 10.4. The van der Waals surface area contributed by atoms with Crippen molar-refractivity contribution in [1.29, 1.82) is 0 Å². The number of carbonyl (C=O) groups is 1. The lowest BCUT2D eigenvalue weighted by atomic mass is 10.0. The Labute approximate surface area is 120 Å². The van der Waals surface area contributed by atoms with Crippen LogP contribution in [-0.2, 0) is 16.0 Å². The van der Waals surface area contributed by atoms with Crippen LogP contribution in [0.2, 0.25) is 0 Å². The first-order valence-corrected chi connectivity index (χ1v) is 6.80. The number of benzene rings is 1. The molecule has 2 rings (SSSR count). The van der Waals surface area contributed by atoms with Crippen molar-refractivity contribution in [2.45, 2.75) is 26.4 Å². The van der Waals surface area contributed by atoms with E-state index in [0.717, 1.165) is 27.0 Å². The van der Waals surface area contributed by atoms with Gasteiger partial charge in [-0.2, -0.15) is 5.10 Å². The van der Waals surface area contributed by atoms with E-state index in [-0.39, 0.29) is 6.10 Å². The predicted molar refractivity (Wildman–Crippen MR) is 76.8 cm³/mol. The van der Waals surface area contributed by atoms with Crippen LogP contribution in [-0.4, -0.2) is 22.8 Å². The summed E-state index contributed by atoms with van der Waals surface area (Å²) in [6.07, 6.45) is 0.481. The van der Waals surface area contributed by atoms with Gasteiger partial charge in [0.05, 0.1) is 5.69 Å². The molecular formula is C14H15BrN2O2. The molecule has 0 radical (unpaired) electrons. The number of hydrogen-bond acceptors (Lipinski definition) is 3. The molecule has 0 amide bonds. The minimum Gasteiger partial charge on any atom is -0.465 e. The summed E-state index contributed by atoms with van der Waals surface area (Å²) in [4.78, 5) is 10.4.